The Bertz CT molecular complexity index is 1010. The lowest BCUT2D eigenvalue weighted by atomic mass is 10.1. The molecule has 0 aliphatic carbocycles. The first-order valence-electron chi connectivity index (χ1n) is 9.35. The second kappa shape index (κ2) is 7.18. The summed E-state index contributed by atoms with van der Waals surface area (Å²) in [5.41, 5.74) is 1.32. The fourth-order valence-corrected chi connectivity index (χ4v) is 3.54. The minimum atomic E-state index is -0.479. The second-order valence-corrected chi connectivity index (χ2v) is 7.59. The number of hydrogen-bond acceptors (Lipinski definition) is 5. The SMILES string of the molecule is CC(C)Cc1cc(-c2nnc3n2[C@@H](C)C(=O)N(Cc2cccc(F)c2)C3)no1. The van der Waals surface area contributed by atoms with Gasteiger partial charge in [0, 0.05) is 19.0 Å². The summed E-state index contributed by atoms with van der Waals surface area (Å²) in [5.74, 6) is 2.05. The van der Waals surface area contributed by atoms with Gasteiger partial charge < -0.3 is 9.42 Å². The zero-order chi connectivity index (χ0) is 19.8. The minimum absolute atomic E-state index is 0.0660. The number of aromatic nitrogens is 4. The quantitative estimate of drug-likeness (QED) is 0.675. The molecular weight excluding hydrogens is 361 g/mol. The molecule has 0 fully saturated rings. The van der Waals surface area contributed by atoms with Crippen molar-refractivity contribution in [3.63, 3.8) is 0 Å². The van der Waals surface area contributed by atoms with Crippen LogP contribution in [-0.4, -0.2) is 30.7 Å². The molecule has 0 bridgehead atoms. The van der Waals surface area contributed by atoms with Gasteiger partial charge in [-0.2, -0.15) is 0 Å². The number of carbonyl (C=O) groups excluding carboxylic acids is 1. The first kappa shape index (κ1) is 18.3. The van der Waals surface area contributed by atoms with Gasteiger partial charge in [-0.25, -0.2) is 4.39 Å². The van der Waals surface area contributed by atoms with Crippen LogP contribution in [0.5, 0.6) is 0 Å². The third kappa shape index (κ3) is 3.42. The van der Waals surface area contributed by atoms with Crippen molar-refractivity contribution in [3.05, 3.63) is 53.3 Å². The Labute approximate surface area is 162 Å². The minimum Gasteiger partial charge on any atom is -0.361 e. The molecule has 1 atom stereocenters. The lowest BCUT2D eigenvalue weighted by Gasteiger charge is -2.32. The van der Waals surface area contributed by atoms with Crippen molar-refractivity contribution in [3.8, 4) is 11.5 Å². The van der Waals surface area contributed by atoms with E-state index in [2.05, 4.69) is 29.2 Å². The van der Waals surface area contributed by atoms with Crippen molar-refractivity contribution in [2.75, 3.05) is 0 Å². The molecule has 4 rings (SSSR count). The second-order valence-electron chi connectivity index (χ2n) is 7.59. The Balaban J connectivity index is 1.60. The summed E-state index contributed by atoms with van der Waals surface area (Å²) in [6.45, 7) is 6.66. The molecule has 1 amide bonds. The van der Waals surface area contributed by atoms with Gasteiger partial charge >= 0.3 is 0 Å². The zero-order valence-electron chi connectivity index (χ0n) is 16.1. The highest BCUT2D eigenvalue weighted by molar-refractivity contribution is 5.81. The Hall–Kier alpha value is -3.03. The Kier molecular flexibility index (Phi) is 4.70. The van der Waals surface area contributed by atoms with Gasteiger partial charge in [-0.15, -0.1) is 10.2 Å². The summed E-state index contributed by atoms with van der Waals surface area (Å²) in [4.78, 5) is 14.6. The van der Waals surface area contributed by atoms with E-state index in [0.29, 0.717) is 36.4 Å². The highest BCUT2D eigenvalue weighted by Gasteiger charge is 2.34. The molecular formula is C20H22FN5O2. The van der Waals surface area contributed by atoms with Crippen LogP contribution in [0.1, 0.15) is 44.0 Å². The number of amides is 1. The molecule has 7 nitrogen and oxygen atoms in total. The lowest BCUT2D eigenvalue weighted by Crippen LogP contribution is -2.41. The van der Waals surface area contributed by atoms with Gasteiger partial charge in [0.15, 0.2) is 17.3 Å². The summed E-state index contributed by atoms with van der Waals surface area (Å²) in [7, 11) is 0. The van der Waals surface area contributed by atoms with Crippen LogP contribution in [-0.2, 0) is 24.3 Å². The van der Waals surface area contributed by atoms with Crippen molar-refractivity contribution < 1.29 is 13.7 Å². The van der Waals surface area contributed by atoms with Gasteiger partial charge in [-0.1, -0.05) is 31.1 Å². The Morgan fingerprint density at radius 2 is 2.11 bits per heavy atom. The first-order chi connectivity index (χ1) is 13.4. The first-order valence-corrected chi connectivity index (χ1v) is 9.35. The van der Waals surface area contributed by atoms with E-state index in [0.717, 1.165) is 17.7 Å². The topological polar surface area (TPSA) is 77.1 Å². The largest absolute Gasteiger partial charge is 0.361 e. The van der Waals surface area contributed by atoms with Crippen molar-refractivity contribution in [1.82, 2.24) is 24.8 Å². The van der Waals surface area contributed by atoms with Crippen LogP contribution < -0.4 is 0 Å². The van der Waals surface area contributed by atoms with Gasteiger partial charge in [-0.05, 0) is 30.5 Å². The summed E-state index contributed by atoms with van der Waals surface area (Å²) >= 11 is 0. The molecule has 8 heteroatoms. The van der Waals surface area contributed by atoms with Crippen LogP contribution in [0.2, 0.25) is 0 Å². The van der Waals surface area contributed by atoms with Crippen LogP contribution >= 0.6 is 0 Å². The van der Waals surface area contributed by atoms with Crippen LogP contribution in [0.3, 0.4) is 0 Å². The van der Waals surface area contributed by atoms with E-state index in [4.69, 9.17) is 4.52 Å². The molecule has 0 saturated carbocycles. The number of nitrogens with zero attached hydrogens (tertiary/aromatic N) is 5. The molecule has 3 heterocycles. The molecule has 1 aliphatic rings. The third-order valence-corrected chi connectivity index (χ3v) is 4.82. The molecule has 1 aromatic carbocycles. The molecule has 0 N–H and O–H groups in total. The lowest BCUT2D eigenvalue weighted by molar-refractivity contribution is -0.137. The van der Waals surface area contributed by atoms with Crippen molar-refractivity contribution in [2.45, 2.75) is 46.3 Å². The Morgan fingerprint density at radius 1 is 1.29 bits per heavy atom. The molecule has 2 aromatic heterocycles. The highest BCUT2D eigenvalue weighted by Crippen LogP contribution is 2.29. The molecule has 28 heavy (non-hydrogen) atoms. The molecule has 3 aromatic rings. The van der Waals surface area contributed by atoms with Crippen molar-refractivity contribution >= 4 is 5.91 Å². The molecule has 0 unspecified atom stereocenters. The molecule has 0 saturated heterocycles. The van der Waals surface area contributed by atoms with Crippen molar-refractivity contribution in [2.24, 2.45) is 5.92 Å². The molecule has 0 spiro atoms. The number of hydrogen-bond donors (Lipinski definition) is 0. The highest BCUT2D eigenvalue weighted by atomic mass is 19.1. The van der Waals surface area contributed by atoms with Gasteiger partial charge in [0.1, 0.15) is 17.6 Å². The number of halogens is 1. The number of benzene rings is 1. The van der Waals surface area contributed by atoms with E-state index >= 15 is 0 Å². The molecule has 0 radical (unpaired) electrons. The summed E-state index contributed by atoms with van der Waals surface area (Å²) in [6.07, 6.45) is 0.782. The maximum Gasteiger partial charge on any atom is 0.246 e. The van der Waals surface area contributed by atoms with Crippen molar-refractivity contribution in [1.29, 1.82) is 0 Å². The van der Waals surface area contributed by atoms with Gasteiger partial charge in [-0.3, -0.25) is 9.36 Å². The fourth-order valence-electron chi connectivity index (χ4n) is 3.54. The summed E-state index contributed by atoms with van der Waals surface area (Å²) in [5, 5.41) is 12.6. The van der Waals surface area contributed by atoms with Gasteiger partial charge in [0.2, 0.25) is 5.91 Å². The standard InChI is InChI=1S/C20H22FN5O2/c1-12(2)7-16-9-17(24-28-16)19-23-22-18-11-25(20(27)13(3)26(18)19)10-14-5-4-6-15(21)8-14/h4-6,8-9,12-13H,7,10-11H2,1-3H3/t13-/m0/s1. The van der Waals surface area contributed by atoms with E-state index < -0.39 is 6.04 Å². The number of carbonyl (C=O) groups is 1. The van der Waals surface area contributed by atoms with Crippen LogP contribution in [0.4, 0.5) is 4.39 Å². The average molecular weight is 383 g/mol. The monoisotopic (exact) mass is 383 g/mol. The zero-order valence-corrected chi connectivity index (χ0v) is 16.1. The normalized spacial score (nSPS) is 16.7. The van der Waals surface area contributed by atoms with E-state index in [1.54, 1.807) is 21.6 Å². The van der Waals surface area contributed by atoms with E-state index in [1.165, 1.54) is 12.1 Å². The van der Waals surface area contributed by atoms with Crippen LogP contribution in [0.25, 0.3) is 11.5 Å². The summed E-state index contributed by atoms with van der Waals surface area (Å²) in [6, 6.07) is 7.65. The van der Waals surface area contributed by atoms with Crippen LogP contribution in [0.15, 0.2) is 34.9 Å². The molecule has 146 valence electrons. The smallest absolute Gasteiger partial charge is 0.246 e. The van der Waals surface area contributed by atoms with Gasteiger partial charge in [0.05, 0.1) is 6.54 Å². The number of fused-ring (bicyclic) bond motifs is 1. The van der Waals surface area contributed by atoms with E-state index in [-0.39, 0.29) is 11.7 Å². The predicted molar refractivity (Wildman–Crippen MR) is 99.4 cm³/mol. The predicted octanol–water partition coefficient (Wildman–Crippen LogP) is 3.37. The third-order valence-electron chi connectivity index (χ3n) is 4.82. The summed E-state index contributed by atoms with van der Waals surface area (Å²) < 4.78 is 20.7. The van der Waals surface area contributed by atoms with Gasteiger partial charge in [0.25, 0.3) is 0 Å². The maximum absolute atomic E-state index is 13.5. The number of rotatable bonds is 5. The molecule has 1 aliphatic heterocycles. The fraction of sp³-hybridized carbons (Fsp3) is 0.400. The van der Waals surface area contributed by atoms with E-state index in [9.17, 15) is 9.18 Å². The van der Waals surface area contributed by atoms with E-state index in [1.807, 2.05) is 13.0 Å². The average Bonchev–Trinajstić information content (AvgIpc) is 3.25. The maximum atomic E-state index is 13.5. The van der Waals surface area contributed by atoms with Crippen LogP contribution in [0, 0.1) is 11.7 Å². The Morgan fingerprint density at radius 3 is 2.86 bits per heavy atom.